The smallest absolute Gasteiger partial charge is 0.251 e. The van der Waals surface area contributed by atoms with Gasteiger partial charge >= 0.3 is 0 Å². The number of hydrogen-bond donors (Lipinski definition) is 2. The number of nitrogens with zero attached hydrogens (tertiary/aromatic N) is 1. The number of carbonyl (C=O) groups excluding carboxylic acids is 2. The van der Waals surface area contributed by atoms with Crippen LogP contribution in [-0.2, 0) is 11.3 Å². The van der Waals surface area contributed by atoms with E-state index in [-0.39, 0.29) is 23.8 Å². The maximum absolute atomic E-state index is 12.8. The second-order valence-electron chi connectivity index (χ2n) is 7.78. The molecule has 0 aliphatic carbocycles. The molecule has 1 aliphatic heterocycles. The van der Waals surface area contributed by atoms with Crippen LogP contribution in [0.25, 0.3) is 0 Å². The zero-order valence-electron chi connectivity index (χ0n) is 16.6. The van der Waals surface area contributed by atoms with Gasteiger partial charge in [0.25, 0.3) is 5.91 Å². The molecule has 0 radical (unpaired) electrons. The molecule has 2 aromatic rings. The molecule has 148 valence electrons. The fourth-order valence-electron chi connectivity index (χ4n) is 3.58. The third-order valence-electron chi connectivity index (χ3n) is 5.14. The van der Waals surface area contributed by atoms with Crippen molar-refractivity contribution in [2.24, 2.45) is 5.92 Å². The van der Waals surface area contributed by atoms with Crippen molar-refractivity contribution >= 4 is 11.8 Å². The van der Waals surface area contributed by atoms with Gasteiger partial charge in [-0.05, 0) is 30.0 Å². The second-order valence-corrected chi connectivity index (χ2v) is 7.78. The van der Waals surface area contributed by atoms with Gasteiger partial charge in [0.1, 0.15) is 6.04 Å². The van der Waals surface area contributed by atoms with Gasteiger partial charge in [0.05, 0.1) is 0 Å². The van der Waals surface area contributed by atoms with Crippen molar-refractivity contribution in [2.75, 3.05) is 13.1 Å². The molecular formula is C23H29N3O2. The van der Waals surface area contributed by atoms with Gasteiger partial charge in [-0.25, -0.2) is 0 Å². The van der Waals surface area contributed by atoms with Gasteiger partial charge in [-0.15, -0.1) is 0 Å². The molecule has 0 saturated carbocycles. The van der Waals surface area contributed by atoms with E-state index in [9.17, 15) is 9.59 Å². The Labute approximate surface area is 167 Å². The van der Waals surface area contributed by atoms with E-state index in [2.05, 4.69) is 27.7 Å². The van der Waals surface area contributed by atoms with Gasteiger partial charge in [-0.2, -0.15) is 0 Å². The normalized spacial score (nSPS) is 18.0. The van der Waals surface area contributed by atoms with E-state index in [0.717, 1.165) is 26.1 Å². The molecule has 5 nitrogen and oxygen atoms in total. The predicted octanol–water partition coefficient (Wildman–Crippen LogP) is 2.83. The number of nitrogens with one attached hydrogen (secondary N) is 2. The van der Waals surface area contributed by atoms with Crippen LogP contribution < -0.4 is 10.6 Å². The van der Waals surface area contributed by atoms with Crippen molar-refractivity contribution < 1.29 is 9.59 Å². The van der Waals surface area contributed by atoms with Crippen molar-refractivity contribution in [3.8, 4) is 0 Å². The molecule has 3 rings (SSSR count). The monoisotopic (exact) mass is 379 g/mol. The van der Waals surface area contributed by atoms with E-state index >= 15 is 0 Å². The van der Waals surface area contributed by atoms with E-state index in [0.29, 0.717) is 5.56 Å². The Kier molecular flexibility index (Phi) is 6.82. The summed E-state index contributed by atoms with van der Waals surface area (Å²) in [5.41, 5.74) is 1.85. The van der Waals surface area contributed by atoms with Gasteiger partial charge < -0.3 is 10.6 Å². The Morgan fingerprint density at radius 3 is 2.32 bits per heavy atom. The number of likely N-dealkylation sites (tertiary alicyclic amines) is 1. The van der Waals surface area contributed by atoms with Crippen LogP contribution >= 0.6 is 0 Å². The first-order valence-electron chi connectivity index (χ1n) is 9.95. The highest BCUT2D eigenvalue weighted by atomic mass is 16.2. The van der Waals surface area contributed by atoms with Crippen LogP contribution in [-0.4, -0.2) is 41.9 Å². The average Bonchev–Trinajstić information content (AvgIpc) is 3.13. The number of carbonyl (C=O) groups is 2. The summed E-state index contributed by atoms with van der Waals surface area (Å²) >= 11 is 0. The molecule has 2 atom stereocenters. The third kappa shape index (κ3) is 5.42. The molecule has 0 bridgehead atoms. The Hall–Kier alpha value is -2.66. The Morgan fingerprint density at radius 1 is 1.04 bits per heavy atom. The van der Waals surface area contributed by atoms with Crippen LogP contribution in [0.2, 0.25) is 0 Å². The predicted molar refractivity (Wildman–Crippen MR) is 111 cm³/mol. The van der Waals surface area contributed by atoms with Crippen LogP contribution in [0.3, 0.4) is 0 Å². The summed E-state index contributed by atoms with van der Waals surface area (Å²) in [6.45, 7) is 6.59. The molecule has 28 heavy (non-hydrogen) atoms. The lowest BCUT2D eigenvalue weighted by Gasteiger charge is -2.24. The Balaban J connectivity index is 1.53. The molecule has 2 N–H and O–H groups in total. The number of amides is 2. The molecular weight excluding hydrogens is 350 g/mol. The van der Waals surface area contributed by atoms with Gasteiger partial charge in [-0.3, -0.25) is 14.5 Å². The second kappa shape index (κ2) is 9.51. The lowest BCUT2D eigenvalue weighted by atomic mass is 10.0. The summed E-state index contributed by atoms with van der Waals surface area (Å²) in [5.74, 6) is -0.313. The summed E-state index contributed by atoms with van der Waals surface area (Å²) in [6, 6.07) is 18.9. The van der Waals surface area contributed by atoms with E-state index in [1.54, 1.807) is 12.1 Å². The van der Waals surface area contributed by atoms with E-state index in [1.807, 2.05) is 50.2 Å². The number of hydrogen-bond acceptors (Lipinski definition) is 3. The average molecular weight is 380 g/mol. The molecule has 1 fully saturated rings. The quantitative estimate of drug-likeness (QED) is 0.778. The number of benzene rings is 2. The fraction of sp³-hybridized carbons (Fsp3) is 0.391. The fourth-order valence-corrected chi connectivity index (χ4v) is 3.58. The van der Waals surface area contributed by atoms with E-state index < -0.39 is 6.04 Å². The highest BCUT2D eigenvalue weighted by Gasteiger charge is 2.29. The van der Waals surface area contributed by atoms with Gasteiger partial charge in [0, 0.05) is 31.2 Å². The molecule has 1 aliphatic rings. The molecule has 2 amide bonds. The van der Waals surface area contributed by atoms with E-state index in [4.69, 9.17) is 0 Å². The molecule has 0 spiro atoms. The maximum Gasteiger partial charge on any atom is 0.251 e. The maximum atomic E-state index is 12.8. The Morgan fingerprint density at radius 2 is 1.68 bits per heavy atom. The summed E-state index contributed by atoms with van der Waals surface area (Å²) < 4.78 is 0. The van der Waals surface area contributed by atoms with Crippen molar-refractivity contribution in [2.45, 2.75) is 38.9 Å². The minimum Gasteiger partial charge on any atom is -0.350 e. The molecule has 5 heteroatoms. The summed E-state index contributed by atoms with van der Waals surface area (Å²) in [6.07, 6.45) is 0.927. The summed E-state index contributed by atoms with van der Waals surface area (Å²) in [7, 11) is 0. The molecule has 1 heterocycles. The lowest BCUT2D eigenvalue weighted by molar-refractivity contribution is -0.124. The SMILES string of the molecule is CC(C)[C@H](NC(=O)c1ccccc1)C(=O)NC1CCN(Cc2ccccc2)C1. The summed E-state index contributed by atoms with van der Waals surface area (Å²) in [5, 5.41) is 6.03. The molecule has 1 unspecified atom stereocenters. The first-order chi connectivity index (χ1) is 13.5. The third-order valence-corrected chi connectivity index (χ3v) is 5.14. The summed E-state index contributed by atoms with van der Waals surface area (Å²) in [4.78, 5) is 27.6. The van der Waals surface area contributed by atoms with Crippen molar-refractivity contribution in [3.63, 3.8) is 0 Å². The van der Waals surface area contributed by atoms with Crippen LogP contribution in [0.5, 0.6) is 0 Å². The largest absolute Gasteiger partial charge is 0.350 e. The first kappa shape index (κ1) is 20.1. The van der Waals surface area contributed by atoms with Crippen LogP contribution in [0.4, 0.5) is 0 Å². The lowest BCUT2D eigenvalue weighted by Crippen LogP contribution is -2.52. The standard InChI is InChI=1S/C23H29N3O2/c1-17(2)21(25-22(27)19-11-7-4-8-12-19)23(28)24-20-13-14-26(16-20)15-18-9-5-3-6-10-18/h3-12,17,20-21H,13-16H2,1-2H3,(H,24,28)(H,25,27)/t20?,21-/m0/s1. The zero-order chi connectivity index (χ0) is 19.9. The topological polar surface area (TPSA) is 61.4 Å². The van der Waals surface area contributed by atoms with Crippen LogP contribution in [0, 0.1) is 5.92 Å². The minimum atomic E-state index is -0.545. The highest BCUT2D eigenvalue weighted by Crippen LogP contribution is 2.14. The van der Waals surface area contributed by atoms with Gasteiger partial charge in [0.2, 0.25) is 5.91 Å². The van der Waals surface area contributed by atoms with Crippen molar-refractivity contribution in [1.29, 1.82) is 0 Å². The van der Waals surface area contributed by atoms with Gasteiger partial charge in [-0.1, -0.05) is 62.4 Å². The van der Waals surface area contributed by atoms with Gasteiger partial charge in [0.15, 0.2) is 0 Å². The highest BCUT2D eigenvalue weighted by molar-refractivity contribution is 5.97. The molecule has 2 aromatic carbocycles. The Bertz CT molecular complexity index is 777. The minimum absolute atomic E-state index is 0.00878. The van der Waals surface area contributed by atoms with Crippen molar-refractivity contribution in [3.05, 3.63) is 71.8 Å². The molecule has 1 saturated heterocycles. The van der Waals surface area contributed by atoms with Crippen molar-refractivity contribution in [1.82, 2.24) is 15.5 Å². The van der Waals surface area contributed by atoms with Crippen LogP contribution in [0.15, 0.2) is 60.7 Å². The molecule has 0 aromatic heterocycles. The van der Waals surface area contributed by atoms with E-state index in [1.165, 1.54) is 5.56 Å². The first-order valence-corrected chi connectivity index (χ1v) is 9.95. The van der Waals surface area contributed by atoms with Crippen LogP contribution in [0.1, 0.15) is 36.2 Å². The zero-order valence-corrected chi connectivity index (χ0v) is 16.6. The number of rotatable bonds is 7.